The molecule has 3 fully saturated rings. The first-order chi connectivity index (χ1) is 34.1. The summed E-state index contributed by atoms with van der Waals surface area (Å²) in [6.45, 7) is 14.8. The summed E-state index contributed by atoms with van der Waals surface area (Å²) >= 11 is 0. The van der Waals surface area contributed by atoms with Gasteiger partial charge in [-0.05, 0) is 145 Å². The summed E-state index contributed by atoms with van der Waals surface area (Å²) in [5.74, 6) is 1.59. The van der Waals surface area contributed by atoms with Gasteiger partial charge in [0.2, 0.25) is 11.8 Å². The Morgan fingerprint density at radius 2 is 1.49 bits per heavy atom. The molecule has 17 nitrogen and oxygen atoms in total. The lowest BCUT2D eigenvalue weighted by molar-refractivity contribution is -0.141. The standard InChI is InChI=1S/C54H70N8O9/c1-10-11-28(2)61(51(63)47(59-53(65)67-8)36-18-30(4)70-31(5)19-36)26-46-56-42-16-14-34-23-41-39-15-13-35(22-38(39)27-69-45(41)24-40(34)49(42)58-46)43-25-55-50(57-43)44-17-12-29(3)62(44)52(64)48(60-54(66)68-9)37-20-32(6)71-33(7)21-37/h13-16,22-25,28-33,36-37,44,47-48H,10-12,17-21,26-27H2,1-9H3,(H,55,57)(H,56,58)(H,59,65)(H,60,66)/t28-,29-,30+,31+,32+,33+,44-,47-,48-/m0/s1. The second kappa shape index (κ2) is 20.9. The van der Waals surface area contributed by atoms with Crippen molar-refractivity contribution in [3.05, 3.63) is 65.9 Å². The van der Waals surface area contributed by atoms with Crippen LogP contribution in [0.15, 0.2) is 48.7 Å². The minimum absolute atomic E-state index is 0.0345. The number of carbonyl (C=O) groups excluding carboxylic acids is 4. The van der Waals surface area contributed by atoms with Crippen LogP contribution in [0.2, 0.25) is 0 Å². The second-order valence-electron chi connectivity index (χ2n) is 20.6. The van der Waals surface area contributed by atoms with E-state index < -0.39 is 24.3 Å². The molecule has 4 N–H and O–H groups in total. The Hall–Kier alpha value is -6.20. The van der Waals surface area contributed by atoms with E-state index in [-0.39, 0.29) is 72.7 Å². The lowest BCUT2D eigenvalue weighted by atomic mass is 9.85. The summed E-state index contributed by atoms with van der Waals surface area (Å²) in [5.41, 5.74) is 6.51. The topological polar surface area (TPSA) is 202 Å². The molecule has 17 heteroatoms. The van der Waals surface area contributed by atoms with Gasteiger partial charge in [0.25, 0.3) is 0 Å². The monoisotopic (exact) mass is 975 g/mol. The summed E-state index contributed by atoms with van der Waals surface area (Å²) in [7, 11) is 2.63. The molecule has 4 aliphatic heterocycles. The van der Waals surface area contributed by atoms with Gasteiger partial charge >= 0.3 is 12.2 Å². The first-order valence-electron chi connectivity index (χ1n) is 25.5. The maximum absolute atomic E-state index is 14.7. The van der Waals surface area contributed by atoms with Crippen LogP contribution in [0.3, 0.4) is 0 Å². The third-order valence-electron chi connectivity index (χ3n) is 15.2. The molecule has 6 heterocycles. The molecule has 3 saturated heterocycles. The van der Waals surface area contributed by atoms with Gasteiger partial charge in [-0.1, -0.05) is 31.5 Å². The van der Waals surface area contributed by atoms with Gasteiger partial charge in [-0.2, -0.15) is 0 Å². The van der Waals surface area contributed by atoms with Gasteiger partial charge in [-0.3, -0.25) is 9.59 Å². The normalized spacial score (nSPS) is 25.3. The summed E-state index contributed by atoms with van der Waals surface area (Å²) in [5, 5.41) is 7.74. The highest BCUT2D eigenvalue weighted by molar-refractivity contribution is 6.07. The van der Waals surface area contributed by atoms with E-state index in [0.717, 1.165) is 81.2 Å². The summed E-state index contributed by atoms with van der Waals surface area (Å²) in [4.78, 5) is 75.2. The Bertz CT molecular complexity index is 2750. The molecule has 0 unspecified atom stereocenters. The number of rotatable bonds is 13. The van der Waals surface area contributed by atoms with E-state index in [1.165, 1.54) is 14.2 Å². The quantitative estimate of drug-likeness (QED) is 0.0877. The van der Waals surface area contributed by atoms with Crippen LogP contribution < -0.4 is 15.4 Å². The third kappa shape index (κ3) is 10.3. The number of ether oxygens (including phenoxy) is 5. The van der Waals surface area contributed by atoms with Gasteiger partial charge < -0.3 is 54.1 Å². The summed E-state index contributed by atoms with van der Waals surface area (Å²) < 4.78 is 28.5. The molecule has 0 aliphatic carbocycles. The number of nitrogens with zero attached hydrogens (tertiary/aromatic N) is 4. The molecule has 0 saturated carbocycles. The van der Waals surface area contributed by atoms with Gasteiger partial charge in [0.15, 0.2) is 0 Å². The van der Waals surface area contributed by atoms with E-state index in [4.69, 9.17) is 33.7 Å². The number of hydrogen-bond acceptors (Lipinski definition) is 11. The molecule has 71 heavy (non-hydrogen) atoms. The van der Waals surface area contributed by atoms with Gasteiger partial charge in [-0.25, -0.2) is 19.6 Å². The van der Waals surface area contributed by atoms with E-state index in [1.54, 1.807) is 0 Å². The molecule has 0 radical (unpaired) electrons. The number of aromatic nitrogens is 4. The number of imidazole rings is 2. The molecule has 9 atom stereocenters. The molecular weight excluding hydrogens is 905 g/mol. The molecule has 9 rings (SSSR count). The van der Waals surface area contributed by atoms with Crippen LogP contribution in [0.25, 0.3) is 44.2 Å². The zero-order valence-electron chi connectivity index (χ0n) is 42.5. The van der Waals surface area contributed by atoms with E-state index in [9.17, 15) is 19.2 Å². The summed E-state index contributed by atoms with van der Waals surface area (Å²) in [6.07, 6.45) is 6.20. The maximum atomic E-state index is 14.7. The number of alkyl carbamates (subject to hydrolysis) is 2. The highest BCUT2D eigenvalue weighted by atomic mass is 16.5. The number of amides is 4. The van der Waals surface area contributed by atoms with Crippen molar-refractivity contribution in [2.24, 2.45) is 11.8 Å². The molecule has 0 bridgehead atoms. The number of nitrogens with one attached hydrogen (secondary N) is 4. The van der Waals surface area contributed by atoms with Gasteiger partial charge in [0, 0.05) is 23.0 Å². The molecule has 2 aromatic heterocycles. The van der Waals surface area contributed by atoms with Gasteiger partial charge in [0.05, 0.1) is 74.1 Å². The third-order valence-corrected chi connectivity index (χ3v) is 15.2. The number of likely N-dealkylation sites (tertiary alicyclic amines) is 1. The number of hydrogen-bond donors (Lipinski definition) is 4. The number of aromatic amines is 2. The molecule has 4 amide bonds. The average molecular weight is 975 g/mol. The predicted octanol–water partition coefficient (Wildman–Crippen LogP) is 9.09. The lowest BCUT2D eigenvalue weighted by Crippen LogP contribution is -2.56. The fourth-order valence-electron chi connectivity index (χ4n) is 12.0. The zero-order chi connectivity index (χ0) is 50.2. The Morgan fingerprint density at radius 3 is 2.15 bits per heavy atom. The van der Waals surface area contributed by atoms with Crippen molar-refractivity contribution in [2.45, 2.75) is 168 Å². The van der Waals surface area contributed by atoms with Crippen molar-refractivity contribution in [1.29, 1.82) is 0 Å². The average Bonchev–Trinajstić information content (AvgIpc) is 4.11. The van der Waals surface area contributed by atoms with Crippen LogP contribution in [0.4, 0.5) is 9.59 Å². The Morgan fingerprint density at radius 1 is 0.831 bits per heavy atom. The van der Waals surface area contributed by atoms with Crippen molar-refractivity contribution >= 4 is 45.8 Å². The first kappa shape index (κ1) is 49.8. The van der Waals surface area contributed by atoms with E-state index >= 15 is 0 Å². The van der Waals surface area contributed by atoms with Crippen molar-refractivity contribution in [2.75, 3.05) is 14.2 Å². The van der Waals surface area contributed by atoms with Crippen LogP contribution in [-0.4, -0.2) is 117 Å². The fourth-order valence-corrected chi connectivity index (χ4v) is 12.0. The van der Waals surface area contributed by atoms with Crippen molar-refractivity contribution < 1.29 is 42.9 Å². The van der Waals surface area contributed by atoms with Crippen LogP contribution in [-0.2, 0) is 41.7 Å². The van der Waals surface area contributed by atoms with Crippen LogP contribution in [0.5, 0.6) is 5.75 Å². The predicted molar refractivity (Wildman–Crippen MR) is 268 cm³/mol. The molecule has 3 aromatic carbocycles. The number of fused-ring (bicyclic) bond motifs is 6. The molecular formula is C54H70N8O9. The van der Waals surface area contributed by atoms with Crippen LogP contribution in [0, 0.1) is 11.8 Å². The SMILES string of the molecule is CCC[C@H](C)N(Cc1nc2ccc3cc4c(cc3c2[nH]1)OCc1cc(-c2cnc([C@@H]3CC[C@H](C)N3C(=O)[C@@H](NC(=O)OC)C3C[C@@H](C)O[C@H](C)C3)[nH]2)ccc1-4)C(=O)[C@@H](NC(=O)OC)C1C[C@@H](C)O[C@H](C)C1. The smallest absolute Gasteiger partial charge is 0.407 e. The Balaban J connectivity index is 0.951. The number of carbonyl (C=O) groups is 4. The molecule has 0 spiro atoms. The number of H-pyrrole nitrogens is 2. The first-order valence-corrected chi connectivity index (χ1v) is 25.5. The summed E-state index contributed by atoms with van der Waals surface area (Å²) in [6, 6.07) is 12.7. The van der Waals surface area contributed by atoms with E-state index in [2.05, 4.69) is 70.8 Å². The minimum atomic E-state index is -0.780. The van der Waals surface area contributed by atoms with E-state index in [1.807, 2.05) is 56.7 Å². The van der Waals surface area contributed by atoms with Gasteiger partial charge in [-0.15, -0.1) is 0 Å². The van der Waals surface area contributed by atoms with Crippen molar-refractivity contribution in [3.8, 4) is 28.1 Å². The zero-order valence-corrected chi connectivity index (χ0v) is 42.5. The highest BCUT2D eigenvalue weighted by Crippen LogP contribution is 2.44. The van der Waals surface area contributed by atoms with Crippen LogP contribution in [0.1, 0.15) is 123 Å². The molecule has 5 aromatic rings. The van der Waals surface area contributed by atoms with Crippen molar-refractivity contribution in [1.82, 2.24) is 40.4 Å². The van der Waals surface area contributed by atoms with Crippen LogP contribution >= 0.6 is 0 Å². The maximum Gasteiger partial charge on any atom is 0.407 e. The number of methoxy groups -OCH3 is 2. The second-order valence-corrected chi connectivity index (χ2v) is 20.6. The fraction of sp³-hybridized carbons (Fsp3) is 0.556. The molecule has 4 aliphatic rings. The highest BCUT2D eigenvalue weighted by Gasteiger charge is 2.45. The Kier molecular flexibility index (Phi) is 14.6. The van der Waals surface area contributed by atoms with E-state index in [0.29, 0.717) is 43.9 Å². The molecule has 380 valence electrons. The van der Waals surface area contributed by atoms with Gasteiger partial charge in [0.1, 0.15) is 36.1 Å². The van der Waals surface area contributed by atoms with Crippen molar-refractivity contribution in [3.63, 3.8) is 0 Å². The lowest BCUT2D eigenvalue weighted by Gasteiger charge is -2.39. The largest absolute Gasteiger partial charge is 0.488 e. The number of benzene rings is 3. The minimum Gasteiger partial charge on any atom is -0.488 e. The Labute approximate surface area is 415 Å².